The SMILES string of the molecule is COc1cc(Cl)cc(CN)c1OCCN1CCCC1. The molecule has 0 radical (unpaired) electrons. The van der Waals surface area contributed by atoms with Crippen molar-refractivity contribution in [1.82, 2.24) is 4.90 Å². The van der Waals surface area contributed by atoms with Gasteiger partial charge in [-0.05, 0) is 32.0 Å². The van der Waals surface area contributed by atoms with Crippen LogP contribution >= 0.6 is 11.6 Å². The molecule has 0 aliphatic carbocycles. The smallest absolute Gasteiger partial charge is 0.165 e. The number of halogens is 1. The third-order valence-corrected chi connectivity index (χ3v) is 3.61. The predicted octanol–water partition coefficient (Wildman–Crippen LogP) is 2.28. The highest BCUT2D eigenvalue weighted by Crippen LogP contribution is 2.34. The van der Waals surface area contributed by atoms with Crippen LogP contribution in [0, 0.1) is 0 Å². The Morgan fingerprint density at radius 2 is 2.05 bits per heavy atom. The number of likely N-dealkylation sites (tertiary alicyclic amines) is 1. The number of hydrogen-bond donors (Lipinski definition) is 1. The summed E-state index contributed by atoms with van der Waals surface area (Å²) in [7, 11) is 1.61. The minimum Gasteiger partial charge on any atom is -0.493 e. The summed E-state index contributed by atoms with van der Waals surface area (Å²) < 4.78 is 11.2. The first-order chi connectivity index (χ1) is 9.24. The van der Waals surface area contributed by atoms with E-state index in [2.05, 4.69) is 4.90 Å². The van der Waals surface area contributed by atoms with Crippen molar-refractivity contribution in [2.45, 2.75) is 19.4 Å². The van der Waals surface area contributed by atoms with Gasteiger partial charge in [-0.15, -0.1) is 0 Å². The standard InChI is InChI=1S/C14H21ClN2O2/c1-18-13-9-12(15)8-11(10-16)14(13)19-7-6-17-4-2-3-5-17/h8-9H,2-7,10,16H2,1H3. The van der Waals surface area contributed by atoms with Crippen LogP contribution in [0.4, 0.5) is 0 Å². The summed E-state index contributed by atoms with van der Waals surface area (Å²) >= 11 is 6.02. The van der Waals surface area contributed by atoms with Crippen LogP contribution in [0.15, 0.2) is 12.1 Å². The maximum absolute atomic E-state index is 6.02. The normalized spacial score (nSPS) is 15.7. The first kappa shape index (κ1) is 14.4. The largest absolute Gasteiger partial charge is 0.493 e. The molecule has 1 saturated heterocycles. The fourth-order valence-corrected chi connectivity index (χ4v) is 2.60. The van der Waals surface area contributed by atoms with Gasteiger partial charge in [0.25, 0.3) is 0 Å². The van der Waals surface area contributed by atoms with Gasteiger partial charge in [-0.3, -0.25) is 4.90 Å². The van der Waals surface area contributed by atoms with Crippen LogP contribution in [-0.2, 0) is 6.54 Å². The molecule has 0 spiro atoms. The van der Waals surface area contributed by atoms with E-state index in [0.717, 1.165) is 12.1 Å². The molecular formula is C14H21ClN2O2. The van der Waals surface area contributed by atoms with Gasteiger partial charge in [-0.2, -0.15) is 0 Å². The maximum atomic E-state index is 6.02. The zero-order chi connectivity index (χ0) is 13.7. The quantitative estimate of drug-likeness (QED) is 0.871. The van der Waals surface area contributed by atoms with E-state index in [-0.39, 0.29) is 0 Å². The summed E-state index contributed by atoms with van der Waals surface area (Å²) in [6, 6.07) is 3.58. The van der Waals surface area contributed by atoms with Gasteiger partial charge >= 0.3 is 0 Å². The van der Waals surface area contributed by atoms with E-state index < -0.39 is 0 Å². The first-order valence-electron chi connectivity index (χ1n) is 6.66. The van der Waals surface area contributed by atoms with Crippen LogP contribution in [0.3, 0.4) is 0 Å². The molecule has 0 saturated carbocycles. The van der Waals surface area contributed by atoms with Crippen molar-refractivity contribution in [2.24, 2.45) is 5.73 Å². The van der Waals surface area contributed by atoms with E-state index >= 15 is 0 Å². The van der Waals surface area contributed by atoms with E-state index in [0.29, 0.717) is 29.7 Å². The summed E-state index contributed by atoms with van der Waals surface area (Å²) in [5, 5.41) is 0.615. The zero-order valence-corrected chi connectivity index (χ0v) is 12.1. The summed E-state index contributed by atoms with van der Waals surface area (Å²) in [5.41, 5.74) is 6.61. The van der Waals surface area contributed by atoms with Gasteiger partial charge < -0.3 is 15.2 Å². The molecule has 1 aliphatic rings. The second-order valence-corrected chi connectivity index (χ2v) is 5.13. The predicted molar refractivity (Wildman–Crippen MR) is 77.1 cm³/mol. The Morgan fingerprint density at radius 3 is 2.68 bits per heavy atom. The minimum absolute atomic E-state index is 0.385. The molecular weight excluding hydrogens is 264 g/mol. The topological polar surface area (TPSA) is 47.7 Å². The molecule has 19 heavy (non-hydrogen) atoms. The molecule has 106 valence electrons. The molecule has 2 rings (SSSR count). The van der Waals surface area contributed by atoms with Crippen molar-refractivity contribution in [3.05, 3.63) is 22.7 Å². The molecule has 1 aromatic carbocycles. The Morgan fingerprint density at radius 1 is 1.32 bits per heavy atom. The van der Waals surface area contributed by atoms with Crippen LogP contribution in [0.5, 0.6) is 11.5 Å². The number of nitrogens with zero attached hydrogens (tertiary/aromatic N) is 1. The monoisotopic (exact) mass is 284 g/mol. The molecule has 0 unspecified atom stereocenters. The Kier molecular flexibility index (Phi) is 5.31. The van der Waals surface area contributed by atoms with Gasteiger partial charge in [0.05, 0.1) is 7.11 Å². The zero-order valence-electron chi connectivity index (χ0n) is 11.3. The molecule has 2 N–H and O–H groups in total. The Labute approximate surface area is 119 Å². The number of hydrogen-bond acceptors (Lipinski definition) is 4. The Hall–Kier alpha value is -0.970. The van der Waals surface area contributed by atoms with E-state index in [9.17, 15) is 0 Å². The van der Waals surface area contributed by atoms with Gasteiger partial charge in [-0.25, -0.2) is 0 Å². The second kappa shape index (κ2) is 6.98. The Balaban J connectivity index is 2.00. The Bertz CT molecular complexity index is 395. The third-order valence-electron chi connectivity index (χ3n) is 3.39. The molecule has 5 heteroatoms. The highest BCUT2D eigenvalue weighted by Gasteiger charge is 2.14. The van der Waals surface area contributed by atoms with Crippen LogP contribution < -0.4 is 15.2 Å². The van der Waals surface area contributed by atoms with Crippen molar-refractivity contribution in [2.75, 3.05) is 33.4 Å². The molecule has 0 aromatic heterocycles. The summed E-state index contributed by atoms with van der Waals surface area (Å²) in [5.74, 6) is 1.36. The number of rotatable bonds is 6. The first-order valence-corrected chi connectivity index (χ1v) is 7.04. The van der Waals surface area contributed by atoms with E-state index in [4.69, 9.17) is 26.8 Å². The molecule has 0 atom stereocenters. The van der Waals surface area contributed by atoms with Crippen molar-refractivity contribution < 1.29 is 9.47 Å². The molecule has 1 fully saturated rings. The summed E-state index contributed by atoms with van der Waals surface area (Å²) in [4.78, 5) is 2.41. The minimum atomic E-state index is 0.385. The molecule has 0 amide bonds. The molecule has 1 aliphatic heterocycles. The van der Waals surface area contributed by atoms with Gasteiger partial charge in [0, 0.05) is 29.7 Å². The van der Waals surface area contributed by atoms with E-state index in [1.807, 2.05) is 6.07 Å². The number of nitrogens with two attached hydrogens (primary N) is 1. The van der Waals surface area contributed by atoms with Crippen LogP contribution in [-0.4, -0.2) is 38.3 Å². The lowest BCUT2D eigenvalue weighted by Crippen LogP contribution is -2.25. The van der Waals surface area contributed by atoms with Crippen molar-refractivity contribution in [3.8, 4) is 11.5 Å². The van der Waals surface area contributed by atoms with Crippen molar-refractivity contribution in [3.63, 3.8) is 0 Å². The molecule has 1 heterocycles. The lowest BCUT2D eigenvalue weighted by atomic mass is 10.2. The molecule has 1 aromatic rings. The number of methoxy groups -OCH3 is 1. The van der Waals surface area contributed by atoms with E-state index in [1.165, 1.54) is 25.9 Å². The maximum Gasteiger partial charge on any atom is 0.165 e. The fourth-order valence-electron chi connectivity index (χ4n) is 2.37. The van der Waals surface area contributed by atoms with Crippen LogP contribution in [0.1, 0.15) is 18.4 Å². The summed E-state index contributed by atoms with van der Waals surface area (Å²) in [6.07, 6.45) is 2.58. The van der Waals surface area contributed by atoms with Gasteiger partial charge in [-0.1, -0.05) is 11.6 Å². The van der Waals surface area contributed by atoms with Crippen molar-refractivity contribution >= 4 is 11.6 Å². The fraction of sp³-hybridized carbons (Fsp3) is 0.571. The lowest BCUT2D eigenvalue weighted by molar-refractivity contribution is 0.229. The third kappa shape index (κ3) is 3.75. The molecule has 4 nitrogen and oxygen atoms in total. The second-order valence-electron chi connectivity index (χ2n) is 4.70. The van der Waals surface area contributed by atoms with Gasteiger partial charge in [0.1, 0.15) is 6.61 Å². The highest BCUT2D eigenvalue weighted by atomic mass is 35.5. The average Bonchev–Trinajstić information content (AvgIpc) is 2.92. The number of benzene rings is 1. The average molecular weight is 285 g/mol. The summed E-state index contributed by atoms with van der Waals surface area (Å²) in [6.45, 7) is 4.31. The lowest BCUT2D eigenvalue weighted by Gasteiger charge is -2.18. The highest BCUT2D eigenvalue weighted by molar-refractivity contribution is 6.30. The van der Waals surface area contributed by atoms with Gasteiger partial charge in [0.15, 0.2) is 11.5 Å². The van der Waals surface area contributed by atoms with E-state index in [1.54, 1.807) is 13.2 Å². The van der Waals surface area contributed by atoms with Crippen LogP contribution in [0.2, 0.25) is 5.02 Å². The molecule has 0 bridgehead atoms. The van der Waals surface area contributed by atoms with Gasteiger partial charge in [0.2, 0.25) is 0 Å². The number of ether oxygens (including phenoxy) is 2. The van der Waals surface area contributed by atoms with Crippen molar-refractivity contribution in [1.29, 1.82) is 0 Å². The van der Waals surface area contributed by atoms with Crippen LogP contribution in [0.25, 0.3) is 0 Å².